The molecule has 2 aromatic rings. The lowest BCUT2D eigenvalue weighted by atomic mass is 9.99. The van der Waals surface area contributed by atoms with Crippen LogP contribution in [0.3, 0.4) is 0 Å². The Morgan fingerprint density at radius 1 is 0.947 bits per heavy atom. The molecule has 0 aliphatic carbocycles. The highest BCUT2D eigenvalue weighted by atomic mass is 14.9. The van der Waals surface area contributed by atoms with Gasteiger partial charge >= 0.3 is 0 Å². The summed E-state index contributed by atoms with van der Waals surface area (Å²) in [7, 11) is 0. The van der Waals surface area contributed by atoms with Crippen molar-refractivity contribution < 1.29 is 0 Å². The molecule has 100 valence electrons. The van der Waals surface area contributed by atoms with E-state index in [1.807, 2.05) is 0 Å². The molecule has 1 atom stereocenters. The standard InChI is InChI=1S/C18H23N/c1-2-8-18(19-13-5-1)12-10-15-9-11-16-6-3-4-7-17(16)14-15/h3-4,6-7,9,11,14,18-19H,1-2,5,8,10,12-13H2. The van der Waals surface area contributed by atoms with E-state index in [0.717, 1.165) is 6.04 Å². The zero-order valence-electron chi connectivity index (χ0n) is 11.6. The van der Waals surface area contributed by atoms with Crippen molar-refractivity contribution in [1.82, 2.24) is 5.32 Å². The molecule has 0 amide bonds. The molecule has 1 unspecified atom stereocenters. The first kappa shape index (κ1) is 12.7. The van der Waals surface area contributed by atoms with E-state index in [-0.39, 0.29) is 0 Å². The first-order chi connectivity index (χ1) is 9.42. The second kappa shape index (κ2) is 6.21. The van der Waals surface area contributed by atoms with E-state index in [4.69, 9.17) is 0 Å². The summed E-state index contributed by atoms with van der Waals surface area (Å²) in [4.78, 5) is 0. The lowest BCUT2D eigenvalue weighted by Gasteiger charge is -2.15. The van der Waals surface area contributed by atoms with Crippen LogP contribution in [0.2, 0.25) is 0 Å². The average Bonchev–Trinajstić information content (AvgIpc) is 2.73. The first-order valence-electron chi connectivity index (χ1n) is 7.63. The molecule has 1 nitrogen and oxygen atoms in total. The Morgan fingerprint density at radius 2 is 1.84 bits per heavy atom. The molecule has 3 rings (SSSR count). The SMILES string of the molecule is c1ccc2cc(CCC3CCCCCN3)ccc2c1. The number of benzene rings is 2. The van der Waals surface area contributed by atoms with Gasteiger partial charge in [-0.1, -0.05) is 55.3 Å². The predicted octanol–water partition coefficient (Wildman–Crippen LogP) is 4.30. The van der Waals surface area contributed by atoms with Crippen LogP contribution in [0.15, 0.2) is 42.5 Å². The summed E-state index contributed by atoms with van der Waals surface area (Å²) in [5.74, 6) is 0. The van der Waals surface area contributed by atoms with Crippen LogP contribution in [-0.4, -0.2) is 12.6 Å². The van der Waals surface area contributed by atoms with Crippen molar-refractivity contribution in [1.29, 1.82) is 0 Å². The maximum absolute atomic E-state index is 3.69. The van der Waals surface area contributed by atoms with E-state index >= 15 is 0 Å². The highest BCUT2D eigenvalue weighted by molar-refractivity contribution is 5.82. The summed E-state index contributed by atoms with van der Waals surface area (Å²) >= 11 is 0. The minimum Gasteiger partial charge on any atom is -0.314 e. The molecule has 0 spiro atoms. The Kier molecular flexibility index (Phi) is 4.14. The van der Waals surface area contributed by atoms with E-state index in [2.05, 4.69) is 47.8 Å². The van der Waals surface area contributed by atoms with Gasteiger partial charge in [0.15, 0.2) is 0 Å². The summed E-state index contributed by atoms with van der Waals surface area (Å²) in [5, 5.41) is 6.40. The summed E-state index contributed by atoms with van der Waals surface area (Å²) in [6.45, 7) is 1.21. The minimum absolute atomic E-state index is 0.731. The number of aryl methyl sites for hydroxylation is 1. The third-order valence-electron chi connectivity index (χ3n) is 4.26. The Morgan fingerprint density at radius 3 is 2.79 bits per heavy atom. The van der Waals surface area contributed by atoms with Gasteiger partial charge in [-0.3, -0.25) is 0 Å². The molecule has 0 aromatic heterocycles. The second-order valence-corrected chi connectivity index (χ2v) is 5.72. The topological polar surface area (TPSA) is 12.0 Å². The third-order valence-corrected chi connectivity index (χ3v) is 4.26. The molecule has 1 fully saturated rings. The van der Waals surface area contributed by atoms with Crippen LogP contribution in [0.4, 0.5) is 0 Å². The fourth-order valence-corrected chi connectivity index (χ4v) is 3.08. The fourth-order valence-electron chi connectivity index (χ4n) is 3.08. The zero-order valence-corrected chi connectivity index (χ0v) is 11.6. The number of hydrogen-bond donors (Lipinski definition) is 1. The molecule has 1 aliphatic heterocycles. The van der Waals surface area contributed by atoms with Gasteiger partial charge < -0.3 is 5.32 Å². The quantitative estimate of drug-likeness (QED) is 0.859. The highest BCUT2D eigenvalue weighted by Crippen LogP contribution is 2.18. The monoisotopic (exact) mass is 253 g/mol. The minimum atomic E-state index is 0.731. The van der Waals surface area contributed by atoms with Gasteiger partial charge in [0.25, 0.3) is 0 Å². The molecule has 19 heavy (non-hydrogen) atoms. The summed E-state index contributed by atoms with van der Waals surface area (Å²) in [5.41, 5.74) is 1.48. The van der Waals surface area contributed by atoms with Crippen molar-refractivity contribution in [2.45, 2.75) is 44.6 Å². The summed E-state index contributed by atoms with van der Waals surface area (Å²) in [6, 6.07) is 16.3. The molecule has 0 radical (unpaired) electrons. The van der Waals surface area contributed by atoms with Gasteiger partial charge in [0, 0.05) is 6.04 Å². The molecule has 0 saturated carbocycles. The Hall–Kier alpha value is -1.34. The van der Waals surface area contributed by atoms with Gasteiger partial charge in [0.05, 0.1) is 0 Å². The maximum atomic E-state index is 3.69. The molecule has 1 N–H and O–H groups in total. The summed E-state index contributed by atoms with van der Waals surface area (Å²) < 4.78 is 0. The van der Waals surface area contributed by atoms with E-state index in [1.54, 1.807) is 0 Å². The number of rotatable bonds is 3. The zero-order chi connectivity index (χ0) is 12.9. The van der Waals surface area contributed by atoms with Gasteiger partial charge in [0.1, 0.15) is 0 Å². The normalized spacial score (nSPS) is 20.3. The van der Waals surface area contributed by atoms with Crippen molar-refractivity contribution in [3.05, 3.63) is 48.0 Å². The van der Waals surface area contributed by atoms with Crippen molar-refractivity contribution in [2.75, 3.05) is 6.54 Å². The van der Waals surface area contributed by atoms with E-state index in [9.17, 15) is 0 Å². The molecule has 1 saturated heterocycles. The first-order valence-corrected chi connectivity index (χ1v) is 7.63. The Bertz CT molecular complexity index is 524. The fraction of sp³-hybridized carbons (Fsp3) is 0.444. The van der Waals surface area contributed by atoms with E-state index in [0.29, 0.717) is 0 Å². The van der Waals surface area contributed by atoms with Crippen LogP contribution >= 0.6 is 0 Å². The number of fused-ring (bicyclic) bond motifs is 1. The van der Waals surface area contributed by atoms with Gasteiger partial charge in [-0.05, 0) is 48.6 Å². The molecule has 1 heteroatoms. The molecule has 1 aliphatic rings. The Labute approximate surface area is 116 Å². The maximum Gasteiger partial charge on any atom is 0.00702 e. The van der Waals surface area contributed by atoms with Crippen LogP contribution in [0.25, 0.3) is 10.8 Å². The highest BCUT2D eigenvalue weighted by Gasteiger charge is 2.11. The van der Waals surface area contributed by atoms with Gasteiger partial charge in [-0.25, -0.2) is 0 Å². The van der Waals surface area contributed by atoms with Crippen molar-refractivity contribution in [3.8, 4) is 0 Å². The Balaban J connectivity index is 1.64. The molecule has 2 aromatic carbocycles. The lowest BCUT2D eigenvalue weighted by molar-refractivity contribution is 0.478. The lowest BCUT2D eigenvalue weighted by Crippen LogP contribution is -2.28. The third kappa shape index (κ3) is 3.36. The smallest absolute Gasteiger partial charge is 0.00702 e. The number of hydrogen-bond acceptors (Lipinski definition) is 1. The van der Waals surface area contributed by atoms with Crippen LogP contribution in [-0.2, 0) is 6.42 Å². The van der Waals surface area contributed by atoms with Gasteiger partial charge in [-0.15, -0.1) is 0 Å². The van der Waals surface area contributed by atoms with Gasteiger partial charge in [0.2, 0.25) is 0 Å². The van der Waals surface area contributed by atoms with E-state index in [1.165, 1.54) is 61.4 Å². The van der Waals surface area contributed by atoms with Crippen LogP contribution in [0.1, 0.15) is 37.7 Å². The molecular weight excluding hydrogens is 230 g/mol. The molecular formula is C18H23N. The van der Waals surface area contributed by atoms with Crippen LogP contribution in [0, 0.1) is 0 Å². The van der Waals surface area contributed by atoms with Crippen molar-refractivity contribution in [3.63, 3.8) is 0 Å². The van der Waals surface area contributed by atoms with Crippen molar-refractivity contribution in [2.24, 2.45) is 0 Å². The van der Waals surface area contributed by atoms with Crippen LogP contribution in [0.5, 0.6) is 0 Å². The average molecular weight is 253 g/mol. The second-order valence-electron chi connectivity index (χ2n) is 5.72. The van der Waals surface area contributed by atoms with Crippen LogP contribution < -0.4 is 5.32 Å². The molecule has 0 bridgehead atoms. The summed E-state index contributed by atoms with van der Waals surface area (Å²) in [6.07, 6.45) is 7.98. The number of nitrogens with one attached hydrogen (secondary N) is 1. The van der Waals surface area contributed by atoms with Gasteiger partial charge in [-0.2, -0.15) is 0 Å². The molecule has 1 heterocycles. The predicted molar refractivity (Wildman–Crippen MR) is 82.5 cm³/mol. The largest absolute Gasteiger partial charge is 0.314 e. The van der Waals surface area contributed by atoms with Crippen molar-refractivity contribution >= 4 is 10.8 Å². The van der Waals surface area contributed by atoms with E-state index < -0.39 is 0 Å².